The molecule has 0 amide bonds. The molecule has 0 atom stereocenters. The van der Waals surface area contributed by atoms with E-state index in [1.165, 1.54) is 0 Å². The molecule has 2 aromatic rings. The highest BCUT2D eigenvalue weighted by Gasteiger charge is 2.18. The molecule has 108 valence electrons. The molecule has 0 radical (unpaired) electrons. The number of nitrogens with one attached hydrogen (secondary N) is 1. The van der Waals surface area contributed by atoms with Crippen molar-refractivity contribution in [3.05, 3.63) is 41.5 Å². The van der Waals surface area contributed by atoms with Crippen LogP contribution in [0.4, 0.5) is 5.69 Å². The number of nitrogens with two attached hydrogens (primary N) is 1. The average molecular weight is 294 g/mol. The molecule has 0 unspecified atom stereocenters. The zero-order valence-electron chi connectivity index (χ0n) is 11.7. The minimum absolute atomic E-state index is 0.195. The van der Waals surface area contributed by atoms with E-state index in [-0.39, 0.29) is 11.4 Å². The first-order valence-corrected chi connectivity index (χ1v) is 7.64. The van der Waals surface area contributed by atoms with Gasteiger partial charge in [0.25, 0.3) is 10.0 Å². The van der Waals surface area contributed by atoms with Gasteiger partial charge in [-0.2, -0.15) is 0 Å². The number of hydrogen-bond acceptors (Lipinski definition) is 4. The fraction of sp³-hybridized carbons (Fsp3) is 0.308. The molecule has 2 heterocycles. The summed E-state index contributed by atoms with van der Waals surface area (Å²) in [6.07, 6.45) is 1.54. The summed E-state index contributed by atoms with van der Waals surface area (Å²) in [5.41, 5.74) is 8.27. The summed E-state index contributed by atoms with van der Waals surface area (Å²) >= 11 is 0. The first-order valence-electron chi connectivity index (χ1n) is 6.16. The van der Waals surface area contributed by atoms with E-state index in [1.54, 1.807) is 42.9 Å². The molecule has 0 aliphatic rings. The Hall–Kier alpha value is -1.86. The van der Waals surface area contributed by atoms with Crippen LogP contribution in [0.25, 0.3) is 0 Å². The van der Waals surface area contributed by atoms with Gasteiger partial charge in [0, 0.05) is 31.2 Å². The van der Waals surface area contributed by atoms with Crippen molar-refractivity contribution in [2.24, 2.45) is 12.8 Å². The van der Waals surface area contributed by atoms with Crippen LogP contribution in [0, 0.1) is 13.8 Å². The molecule has 0 saturated heterocycles. The monoisotopic (exact) mass is 294 g/mol. The Labute approximate surface area is 118 Å². The third-order valence-electron chi connectivity index (χ3n) is 3.07. The van der Waals surface area contributed by atoms with Crippen molar-refractivity contribution in [2.75, 3.05) is 4.72 Å². The lowest BCUT2D eigenvalue weighted by Crippen LogP contribution is -2.13. The van der Waals surface area contributed by atoms with Crippen LogP contribution in [0.5, 0.6) is 0 Å². The van der Waals surface area contributed by atoms with Gasteiger partial charge in [0.15, 0.2) is 0 Å². The predicted molar refractivity (Wildman–Crippen MR) is 77.8 cm³/mol. The normalized spacial score (nSPS) is 11.6. The number of sulfonamides is 1. The minimum Gasteiger partial charge on any atom is -0.352 e. The fourth-order valence-corrected chi connectivity index (χ4v) is 3.14. The Kier molecular flexibility index (Phi) is 3.82. The number of hydrogen-bond donors (Lipinski definition) is 2. The van der Waals surface area contributed by atoms with Crippen molar-refractivity contribution in [3.63, 3.8) is 0 Å². The van der Waals surface area contributed by atoms with Crippen LogP contribution in [0.1, 0.15) is 17.1 Å². The second-order valence-electron chi connectivity index (χ2n) is 4.67. The number of rotatable bonds is 4. The van der Waals surface area contributed by atoms with Crippen molar-refractivity contribution in [2.45, 2.75) is 25.3 Å². The Balaban J connectivity index is 2.35. The lowest BCUT2D eigenvalue weighted by molar-refractivity contribution is 0.601. The number of pyridine rings is 1. The molecule has 6 nitrogen and oxygen atoms in total. The third kappa shape index (κ3) is 2.83. The molecular formula is C13H18N4O2S. The largest absolute Gasteiger partial charge is 0.352 e. The summed E-state index contributed by atoms with van der Waals surface area (Å²) in [7, 11) is -1.86. The van der Waals surface area contributed by atoms with Gasteiger partial charge in [-0.15, -0.1) is 0 Å². The molecule has 2 rings (SSSR count). The topological polar surface area (TPSA) is 90.0 Å². The van der Waals surface area contributed by atoms with Gasteiger partial charge in [-0.25, -0.2) is 8.42 Å². The maximum absolute atomic E-state index is 12.3. The zero-order chi connectivity index (χ0) is 14.9. The molecular weight excluding hydrogens is 276 g/mol. The molecule has 0 saturated carbocycles. The number of nitrogens with zero attached hydrogens (tertiary/aromatic N) is 2. The van der Waals surface area contributed by atoms with E-state index in [9.17, 15) is 8.42 Å². The SMILES string of the molecule is Cc1ccc(NS(=O)(=O)c2cc(CN)n(C)c2)c(C)n1. The lowest BCUT2D eigenvalue weighted by Gasteiger charge is -2.09. The van der Waals surface area contributed by atoms with Crippen LogP contribution in [0.15, 0.2) is 29.3 Å². The van der Waals surface area contributed by atoms with E-state index in [1.807, 2.05) is 6.92 Å². The minimum atomic E-state index is -3.63. The van der Waals surface area contributed by atoms with Crippen LogP contribution in [0.3, 0.4) is 0 Å². The van der Waals surface area contributed by atoms with Crippen molar-refractivity contribution < 1.29 is 8.42 Å². The van der Waals surface area contributed by atoms with E-state index in [4.69, 9.17) is 5.73 Å². The predicted octanol–water partition coefficient (Wildman–Crippen LogP) is 1.30. The van der Waals surface area contributed by atoms with Gasteiger partial charge in [-0.1, -0.05) is 0 Å². The summed E-state index contributed by atoms with van der Waals surface area (Å²) in [5.74, 6) is 0. The number of aromatic nitrogens is 2. The van der Waals surface area contributed by atoms with E-state index >= 15 is 0 Å². The Morgan fingerprint density at radius 2 is 2.05 bits per heavy atom. The molecule has 0 aliphatic heterocycles. The summed E-state index contributed by atoms with van der Waals surface area (Å²) in [6.45, 7) is 3.91. The van der Waals surface area contributed by atoms with Gasteiger partial charge < -0.3 is 10.3 Å². The third-order valence-corrected chi connectivity index (χ3v) is 4.40. The number of aryl methyl sites for hydroxylation is 3. The van der Waals surface area contributed by atoms with Crippen molar-refractivity contribution in [1.82, 2.24) is 9.55 Å². The molecule has 2 aromatic heterocycles. The highest BCUT2D eigenvalue weighted by Crippen LogP contribution is 2.20. The van der Waals surface area contributed by atoms with Crippen LogP contribution in [-0.2, 0) is 23.6 Å². The van der Waals surface area contributed by atoms with Gasteiger partial charge in [-0.05, 0) is 32.0 Å². The highest BCUT2D eigenvalue weighted by molar-refractivity contribution is 7.92. The summed E-state index contributed by atoms with van der Waals surface area (Å²) < 4.78 is 28.9. The first-order chi connectivity index (χ1) is 9.33. The molecule has 20 heavy (non-hydrogen) atoms. The van der Waals surface area contributed by atoms with E-state index in [0.29, 0.717) is 11.4 Å². The van der Waals surface area contributed by atoms with Gasteiger partial charge in [0.2, 0.25) is 0 Å². The van der Waals surface area contributed by atoms with Crippen LogP contribution in [0.2, 0.25) is 0 Å². The Morgan fingerprint density at radius 3 is 2.60 bits per heavy atom. The average Bonchev–Trinajstić information content (AvgIpc) is 2.75. The van der Waals surface area contributed by atoms with Gasteiger partial charge in [0.1, 0.15) is 4.90 Å². The van der Waals surface area contributed by atoms with Crippen LogP contribution < -0.4 is 10.5 Å². The van der Waals surface area contributed by atoms with Crippen molar-refractivity contribution in [3.8, 4) is 0 Å². The molecule has 7 heteroatoms. The van der Waals surface area contributed by atoms with Gasteiger partial charge >= 0.3 is 0 Å². The molecule has 0 spiro atoms. The van der Waals surface area contributed by atoms with Crippen LogP contribution in [-0.4, -0.2) is 18.0 Å². The van der Waals surface area contributed by atoms with Gasteiger partial charge in [-0.3, -0.25) is 9.71 Å². The van der Waals surface area contributed by atoms with Gasteiger partial charge in [0.05, 0.1) is 11.4 Å². The fourth-order valence-electron chi connectivity index (χ4n) is 1.93. The van der Waals surface area contributed by atoms with Crippen LogP contribution >= 0.6 is 0 Å². The van der Waals surface area contributed by atoms with Crippen molar-refractivity contribution >= 4 is 15.7 Å². The quantitative estimate of drug-likeness (QED) is 0.889. The Morgan fingerprint density at radius 1 is 1.35 bits per heavy atom. The smallest absolute Gasteiger partial charge is 0.263 e. The molecule has 0 aliphatic carbocycles. The zero-order valence-corrected chi connectivity index (χ0v) is 12.5. The molecule has 0 aromatic carbocycles. The molecule has 3 N–H and O–H groups in total. The highest BCUT2D eigenvalue weighted by atomic mass is 32.2. The summed E-state index contributed by atoms with van der Waals surface area (Å²) in [6, 6.07) is 5.04. The maximum atomic E-state index is 12.3. The van der Waals surface area contributed by atoms with E-state index < -0.39 is 10.0 Å². The van der Waals surface area contributed by atoms with Crippen molar-refractivity contribution in [1.29, 1.82) is 0 Å². The first kappa shape index (κ1) is 14.5. The number of anilines is 1. The standard InChI is InChI=1S/C13H18N4O2S/c1-9-4-5-13(10(2)15-9)16-20(18,19)12-6-11(7-14)17(3)8-12/h4-6,8,16H,7,14H2,1-3H3. The van der Waals surface area contributed by atoms with E-state index in [2.05, 4.69) is 9.71 Å². The molecule has 0 fully saturated rings. The lowest BCUT2D eigenvalue weighted by atomic mass is 10.3. The van der Waals surface area contributed by atoms with E-state index in [0.717, 1.165) is 11.4 Å². The second kappa shape index (κ2) is 5.26. The summed E-state index contributed by atoms with van der Waals surface area (Å²) in [5, 5.41) is 0. The molecule has 0 bridgehead atoms. The maximum Gasteiger partial charge on any atom is 0.263 e. The Bertz CT molecular complexity index is 735. The summed E-state index contributed by atoms with van der Waals surface area (Å²) in [4.78, 5) is 4.43. The second-order valence-corrected chi connectivity index (χ2v) is 6.36.